The van der Waals surface area contributed by atoms with Crippen molar-refractivity contribution in [3.05, 3.63) is 12.2 Å². The summed E-state index contributed by atoms with van der Waals surface area (Å²) in [6, 6.07) is -3.05. The van der Waals surface area contributed by atoms with Crippen molar-refractivity contribution in [1.82, 2.24) is 20.9 Å². The van der Waals surface area contributed by atoms with Gasteiger partial charge < -0.3 is 27.4 Å². The first-order valence-corrected chi connectivity index (χ1v) is 11.7. The van der Waals surface area contributed by atoms with Gasteiger partial charge in [-0.2, -0.15) is 0 Å². The molecule has 0 unspecified atom stereocenters. The van der Waals surface area contributed by atoms with E-state index in [2.05, 4.69) is 16.0 Å². The zero-order valence-electron chi connectivity index (χ0n) is 21.5. The Hall–Kier alpha value is -3.77. The molecule has 0 aromatic rings. The number of nitrogens with two attached hydrogens (primary N) is 2. The monoisotopic (exact) mass is 510 g/mol. The Morgan fingerprint density at radius 1 is 0.944 bits per heavy atom. The van der Waals surface area contributed by atoms with Crippen molar-refractivity contribution in [2.24, 2.45) is 16.9 Å². The lowest BCUT2D eigenvalue weighted by Crippen LogP contribution is -2.54. The molecule has 0 saturated heterocycles. The van der Waals surface area contributed by atoms with Crippen molar-refractivity contribution < 1.29 is 33.6 Å². The Bertz CT molecular complexity index is 861. The molecular formula is C23H38N6O7. The molecule has 1 aliphatic rings. The molecule has 0 aromatic heterocycles. The van der Waals surface area contributed by atoms with Gasteiger partial charge in [0.2, 0.25) is 17.7 Å². The third kappa shape index (κ3) is 11.6. The standard InChI is InChI=1S/C21H32N6O7.C2H6/c1-21(2,3)18(32)12(5-4-9-24-20(23)34)26-19(33)13(11-14(22)28)25-15(29)8-10-27-16(30)6-7-17(27)31;1-2/h6-7,12-13H,4-5,8-11H2,1-3H3,(H2,22,28)(H,25,29)(H,26,33)(H3,23,24,34);1-2H3/t12-,13-;/m0./s1. The minimum absolute atomic E-state index is 0.172. The number of amides is 7. The summed E-state index contributed by atoms with van der Waals surface area (Å²) in [7, 11) is 0. The summed E-state index contributed by atoms with van der Waals surface area (Å²) in [5.41, 5.74) is 9.42. The molecular weight excluding hydrogens is 472 g/mol. The third-order valence-electron chi connectivity index (χ3n) is 4.86. The number of urea groups is 1. The van der Waals surface area contributed by atoms with Gasteiger partial charge >= 0.3 is 6.03 Å². The van der Waals surface area contributed by atoms with Gasteiger partial charge in [-0.25, -0.2) is 4.79 Å². The van der Waals surface area contributed by atoms with Gasteiger partial charge in [-0.15, -0.1) is 0 Å². The van der Waals surface area contributed by atoms with Crippen LogP contribution in [0.4, 0.5) is 4.79 Å². The molecule has 0 radical (unpaired) electrons. The van der Waals surface area contributed by atoms with E-state index < -0.39 is 59.5 Å². The SMILES string of the molecule is CC.CC(C)(C)C(=O)[C@H](CCCNC(N)=O)NC(=O)[C@H](CC(N)=O)NC(=O)CCN1C(=O)C=CC1=O. The molecule has 0 bridgehead atoms. The van der Waals surface area contributed by atoms with Gasteiger partial charge in [0.1, 0.15) is 6.04 Å². The van der Waals surface area contributed by atoms with Crippen LogP contribution < -0.4 is 27.4 Å². The molecule has 1 aliphatic heterocycles. The number of hydrogen-bond acceptors (Lipinski definition) is 7. The highest BCUT2D eigenvalue weighted by atomic mass is 16.2. The predicted octanol–water partition coefficient (Wildman–Crippen LogP) is -0.764. The lowest BCUT2D eigenvalue weighted by Gasteiger charge is -2.27. The predicted molar refractivity (Wildman–Crippen MR) is 131 cm³/mol. The molecule has 1 heterocycles. The zero-order chi connectivity index (χ0) is 28.1. The lowest BCUT2D eigenvalue weighted by atomic mass is 9.84. The second kappa shape index (κ2) is 15.3. The molecule has 0 saturated carbocycles. The van der Waals surface area contributed by atoms with Crippen molar-refractivity contribution in [2.75, 3.05) is 13.1 Å². The largest absolute Gasteiger partial charge is 0.370 e. The fourth-order valence-corrected chi connectivity index (χ4v) is 3.12. The van der Waals surface area contributed by atoms with Crippen molar-refractivity contribution in [1.29, 1.82) is 0 Å². The summed E-state index contributed by atoms with van der Waals surface area (Å²) < 4.78 is 0. The van der Waals surface area contributed by atoms with E-state index in [-0.39, 0.29) is 31.7 Å². The molecule has 13 nitrogen and oxygen atoms in total. The molecule has 13 heteroatoms. The van der Waals surface area contributed by atoms with E-state index in [1.165, 1.54) is 0 Å². The van der Waals surface area contributed by atoms with Gasteiger partial charge in [0.25, 0.3) is 11.8 Å². The average Bonchev–Trinajstić information content (AvgIpc) is 3.10. The maximum atomic E-state index is 12.9. The van der Waals surface area contributed by atoms with Crippen LogP contribution in [0.1, 0.15) is 60.3 Å². The van der Waals surface area contributed by atoms with Crippen LogP contribution in [0.25, 0.3) is 0 Å². The first kappa shape index (κ1) is 32.2. The van der Waals surface area contributed by atoms with Crippen molar-refractivity contribution in [3.63, 3.8) is 0 Å². The number of carbonyl (C=O) groups excluding carboxylic acids is 7. The number of carbonyl (C=O) groups is 7. The number of Topliss-reactive ketones (excluding diaryl/α,β-unsaturated/α-hetero) is 1. The number of nitrogens with one attached hydrogen (secondary N) is 3. The Kier molecular flexibility index (Phi) is 13.7. The highest BCUT2D eigenvalue weighted by molar-refractivity contribution is 6.13. The van der Waals surface area contributed by atoms with Crippen LogP contribution in [0.15, 0.2) is 12.2 Å². The van der Waals surface area contributed by atoms with Crippen molar-refractivity contribution >= 4 is 41.4 Å². The minimum atomic E-state index is -1.37. The highest BCUT2D eigenvalue weighted by Gasteiger charge is 2.33. The second-order valence-corrected chi connectivity index (χ2v) is 8.81. The van der Waals surface area contributed by atoms with Crippen molar-refractivity contribution in [3.8, 4) is 0 Å². The summed E-state index contributed by atoms with van der Waals surface area (Å²) in [6.07, 6.45) is 1.83. The van der Waals surface area contributed by atoms with E-state index in [0.29, 0.717) is 6.42 Å². The molecule has 0 aromatic carbocycles. The van der Waals surface area contributed by atoms with Crippen LogP contribution in [0.5, 0.6) is 0 Å². The molecule has 7 amide bonds. The molecule has 0 aliphatic carbocycles. The Labute approximate surface area is 210 Å². The molecule has 0 spiro atoms. The average molecular weight is 511 g/mol. The van der Waals surface area contributed by atoms with E-state index in [1.807, 2.05) is 13.8 Å². The normalized spacial score (nSPS) is 14.3. The highest BCUT2D eigenvalue weighted by Crippen LogP contribution is 2.19. The fourth-order valence-electron chi connectivity index (χ4n) is 3.12. The first-order chi connectivity index (χ1) is 16.7. The Morgan fingerprint density at radius 2 is 1.50 bits per heavy atom. The molecule has 202 valence electrons. The number of rotatable bonds is 13. The van der Waals surface area contributed by atoms with E-state index in [0.717, 1.165) is 17.1 Å². The van der Waals surface area contributed by atoms with E-state index in [9.17, 15) is 33.6 Å². The van der Waals surface area contributed by atoms with Crippen LogP contribution >= 0.6 is 0 Å². The lowest BCUT2D eigenvalue weighted by molar-refractivity contribution is -0.137. The first-order valence-electron chi connectivity index (χ1n) is 11.7. The number of hydrogen-bond donors (Lipinski definition) is 5. The van der Waals surface area contributed by atoms with Crippen LogP contribution in [0.2, 0.25) is 0 Å². The zero-order valence-corrected chi connectivity index (χ0v) is 21.5. The Balaban J connectivity index is 0.00000596. The summed E-state index contributed by atoms with van der Waals surface area (Å²) >= 11 is 0. The number of primary amides is 2. The van der Waals surface area contributed by atoms with Gasteiger partial charge in [0.05, 0.1) is 12.5 Å². The van der Waals surface area contributed by atoms with E-state index in [1.54, 1.807) is 20.8 Å². The summed E-state index contributed by atoms with van der Waals surface area (Å²) in [5.74, 6) is -3.76. The fraction of sp³-hybridized carbons (Fsp3) is 0.609. The molecule has 7 N–H and O–H groups in total. The number of imide groups is 1. The summed E-state index contributed by atoms with van der Waals surface area (Å²) in [5, 5.41) is 7.30. The van der Waals surface area contributed by atoms with Gasteiger partial charge in [-0.1, -0.05) is 34.6 Å². The Morgan fingerprint density at radius 3 is 1.97 bits per heavy atom. The maximum absolute atomic E-state index is 12.9. The van der Waals surface area contributed by atoms with Gasteiger partial charge in [0.15, 0.2) is 5.78 Å². The number of ketones is 1. The van der Waals surface area contributed by atoms with Crippen LogP contribution in [0.3, 0.4) is 0 Å². The van der Waals surface area contributed by atoms with E-state index >= 15 is 0 Å². The van der Waals surface area contributed by atoms with E-state index in [4.69, 9.17) is 11.5 Å². The van der Waals surface area contributed by atoms with Gasteiger partial charge in [0, 0.05) is 37.1 Å². The molecule has 2 atom stereocenters. The summed E-state index contributed by atoms with van der Waals surface area (Å²) in [4.78, 5) is 84.3. The van der Waals surface area contributed by atoms with Gasteiger partial charge in [-0.05, 0) is 12.8 Å². The van der Waals surface area contributed by atoms with Crippen molar-refractivity contribution in [2.45, 2.75) is 72.4 Å². The molecule has 0 fully saturated rings. The summed E-state index contributed by atoms with van der Waals surface area (Å²) in [6.45, 7) is 9.00. The smallest absolute Gasteiger partial charge is 0.312 e. The third-order valence-corrected chi connectivity index (χ3v) is 4.86. The molecule has 36 heavy (non-hydrogen) atoms. The number of nitrogens with zero attached hydrogens (tertiary/aromatic N) is 1. The van der Waals surface area contributed by atoms with Gasteiger partial charge in [-0.3, -0.25) is 33.7 Å². The maximum Gasteiger partial charge on any atom is 0.312 e. The quantitative estimate of drug-likeness (QED) is 0.158. The topological polar surface area (TPSA) is 211 Å². The minimum Gasteiger partial charge on any atom is -0.370 e. The van der Waals surface area contributed by atoms with Crippen LogP contribution in [-0.4, -0.2) is 71.4 Å². The van der Waals surface area contributed by atoms with Crippen LogP contribution in [0, 0.1) is 5.41 Å². The second-order valence-electron chi connectivity index (χ2n) is 8.81. The molecule has 1 rings (SSSR count). The van der Waals surface area contributed by atoms with Crippen LogP contribution in [-0.2, 0) is 28.8 Å².